The molecule has 10 heteroatoms. The highest BCUT2D eigenvalue weighted by molar-refractivity contribution is 5.37. The molecule has 20 heavy (non-hydrogen) atoms. The molecule has 10 nitrogen and oxygen atoms in total. The molecule has 3 heterocycles. The van der Waals surface area contributed by atoms with Gasteiger partial charge in [0, 0.05) is 18.5 Å². The first-order valence-corrected chi connectivity index (χ1v) is 5.71. The minimum absolute atomic E-state index is 0.230. The Labute approximate surface area is 113 Å². The molecular formula is C10H11N9O. The fraction of sp³-hybridized carbons (Fsp3) is 0.100. The number of hydrogen-bond donors (Lipinski definition) is 3. The van der Waals surface area contributed by atoms with Crippen molar-refractivity contribution in [3.63, 3.8) is 0 Å². The summed E-state index contributed by atoms with van der Waals surface area (Å²) in [5, 5.41) is 10.8. The van der Waals surface area contributed by atoms with E-state index in [4.69, 9.17) is 10.4 Å². The molecule has 0 saturated carbocycles. The van der Waals surface area contributed by atoms with Gasteiger partial charge in [0.1, 0.15) is 12.0 Å². The van der Waals surface area contributed by atoms with E-state index < -0.39 is 0 Å². The van der Waals surface area contributed by atoms with Crippen molar-refractivity contribution in [1.29, 1.82) is 0 Å². The van der Waals surface area contributed by atoms with Crippen molar-refractivity contribution >= 4 is 11.9 Å². The summed E-state index contributed by atoms with van der Waals surface area (Å²) < 4.78 is 6.24. The molecule has 0 aliphatic rings. The minimum Gasteiger partial charge on any atom is -0.364 e. The molecule has 0 fully saturated rings. The van der Waals surface area contributed by atoms with Crippen LogP contribution in [0.2, 0.25) is 0 Å². The average Bonchev–Trinajstić information content (AvgIpc) is 3.17. The van der Waals surface area contributed by atoms with Gasteiger partial charge in [0.2, 0.25) is 11.9 Å². The second kappa shape index (κ2) is 5.32. The van der Waals surface area contributed by atoms with E-state index in [1.807, 2.05) is 0 Å². The monoisotopic (exact) mass is 273 g/mol. The van der Waals surface area contributed by atoms with Crippen LogP contribution in [-0.2, 0) is 6.54 Å². The molecule has 0 radical (unpaired) electrons. The molecule has 0 spiro atoms. The summed E-state index contributed by atoms with van der Waals surface area (Å²) in [5.41, 5.74) is 3.12. The van der Waals surface area contributed by atoms with Gasteiger partial charge in [-0.2, -0.15) is 20.1 Å². The molecule has 3 aromatic heterocycles. The fourth-order valence-corrected chi connectivity index (χ4v) is 1.50. The molecule has 0 aliphatic carbocycles. The smallest absolute Gasteiger partial charge is 0.257 e. The lowest BCUT2D eigenvalue weighted by Crippen LogP contribution is -2.16. The lowest BCUT2D eigenvalue weighted by atomic mass is 10.4. The van der Waals surface area contributed by atoms with Crippen molar-refractivity contribution in [2.24, 2.45) is 5.84 Å². The van der Waals surface area contributed by atoms with Crippen LogP contribution in [0.25, 0.3) is 5.95 Å². The summed E-state index contributed by atoms with van der Waals surface area (Å²) in [6, 6.07) is 3.51. The van der Waals surface area contributed by atoms with Crippen LogP contribution in [0.1, 0.15) is 5.69 Å². The van der Waals surface area contributed by atoms with Crippen molar-refractivity contribution in [2.75, 3.05) is 10.7 Å². The largest absolute Gasteiger partial charge is 0.364 e. The Balaban J connectivity index is 1.84. The van der Waals surface area contributed by atoms with E-state index >= 15 is 0 Å². The van der Waals surface area contributed by atoms with Gasteiger partial charge in [0.05, 0.1) is 6.54 Å². The van der Waals surface area contributed by atoms with Crippen LogP contribution in [0.5, 0.6) is 0 Å². The van der Waals surface area contributed by atoms with Gasteiger partial charge in [-0.1, -0.05) is 5.16 Å². The van der Waals surface area contributed by atoms with E-state index in [0.29, 0.717) is 18.4 Å². The SMILES string of the molecule is NNc1nc(NCc2ccon2)nc(-n2cccn2)n1. The van der Waals surface area contributed by atoms with E-state index in [1.54, 1.807) is 24.5 Å². The number of aromatic nitrogens is 6. The van der Waals surface area contributed by atoms with Crippen molar-refractivity contribution in [3.05, 3.63) is 36.5 Å². The molecule has 3 rings (SSSR count). The van der Waals surface area contributed by atoms with Crippen LogP contribution in [0.3, 0.4) is 0 Å². The highest BCUT2D eigenvalue weighted by Crippen LogP contribution is 2.08. The second-order valence-electron chi connectivity index (χ2n) is 3.72. The summed E-state index contributed by atoms with van der Waals surface area (Å²) in [6.45, 7) is 0.420. The zero-order valence-electron chi connectivity index (χ0n) is 10.3. The summed E-state index contributed by atoms with van der Waals surface area (Å²) in [6.07, 6.45) is 4.84. The van der Waals surface area contributed by atoms with E-state index in [1.165, 1.54) is 10.9 Å². The molecule has 3 aromatic rings. The molecule has 0 amide bonds. The summed E-state index contributed by atoms with van der Waals surface area (Å²) in [5.74, 6) is 6.27. The van der Waals surface area contributed by atoms with Crippen LogP contribution in [0.15, 0.2) is 35.3 Å². The number of nitrogens with zero attached hydrogens (tertiary/aromatic N) is 6. The third-order valence-corrected chi connectivity index (χ3v) is 2.38. The number of hydrogen-bond acceptors (Lipinski definition) is 9. The normalized spacial score (nSPS) is 10.4. The maximum atomic E-state index is 5.34. The molecule has 0 aliphatic heterocycles. The van der Waals surface area contributed by atoms with Crippen LogP contribution < -0.4 is 16.6 Å². The molecule has 0 aromatic carbocycles. The number of nitrogens with one attached hydrogen (secondary N) is 2. The average molecular weight is 273 g/mol. The lowest BCUT2D eigenvalue weighted by molar-refractivity contribution is 0.412. The summed E-state index contributed by atoms with van der Waals surface area (Å²) >= 11 is 0. The second-order valence-corrected chi connectivity index (χ2v) is 3.72. The predicted molar refractivity (Wildman–Crippen MR) is 68.6 cm³/mol. The summed E-state index contributed by atoms with van der Waals surface area (Å²) in [4.78, 5) is 12.4. The third-order valence-electron chi connectivity index (χ3n) is 2.38. The summed E-state index contributed by atoms with van der Waals surface area (Å²) in [7, 11) is 0. The van der Waals surface area contributed by atoms with Crippen molar-refractivity contribution in [2.45, 2.75) is 6.54 Å². The minimum atomic E-state index is 0.230. The third kappa shape index (κ3) is 2.54. The van der Waals surface area contributed by atoms with Crippen LogP contribution >= 0.6 is 0 Å². The topological polar surface area (TPSA) is 133 Å². The zero-order chi connectivity index (χ0) is 13.8. The van der Waals surface area contributed by atoms with E-state index in [-0.39, 0.29) is 5.95 Å². The first-order valence-electron chi connectivity index (χ1n) is 5.71. The van der Waals surface area contributed by atoms with Gasteiger partial charge in [-0.05, 0) is 6.07 Å². The van der Waals surface area contributed by atoms with Gasteiger partial charge < -0.3 is 9.84 Å². The quantitative estimate of drug-likeness (QED) is 0.432. The highest BCUT2D eigenvalue weighted by atomic mass is 16.5. The lowest BCUT2D eigenvalue weighted by Gasteiger charge is -2.07. The van der Waals surface area contributed by atoms with E-state index in [2.05, 4.69) is 35.9 Å². The molecule has 102 valence electrons. The van der Waals surface area contributed by atoms with Gasteiger partial charge in [0.25, 0.3) is 5.95 Å². The number of nitrogens with two attached hydrogens (primary N) is 1. The Morgan fingerprint density at radius 2 is 2.15 bits per heavy atom. The van der Waals surface area contributed by atoms with Crippen LogP contribution in [-0.4, -0.2) is 29.9 Å². The molecule has 0 unspecified atom stereocenters. The Bertz CT molecular complexity index is 664. The first kappa shape index (κ1) is 12.0. The van der Waals surface area contributed by atoms with Crippen LogP contribution in [0.4, 0.5) is 11.9 Å². The zero-order valence-corrected chi connectivity index (χ0v) is 10.3. The van der Waals surface area contributed by atoms with Crippen molar-refractivity contribution in [3.8, 4) is 5.95 Å². The standard InChI is InChI=1S/C10H11N9O/c11-17-9-14-8(12-6-7-2-5-20-18-7)15-10(16-9)19-4-1-3-13-19/h1-5H,6,11H2,(H2,12,14,15,16,17). The number of nitrogen functional groups attached to an aromatic ring is 1. The Morgan fingerprint density at radius 3 is 2.85 bits per heavy atom. The fourth-order valence-electron chi connectivity index (χ4n) is 1.50. The molecule has 4 N–H and O–H groups in total. The van der Waals surface area contributed by atoms with Crippen molar-refractivity contribution < 1.29 is 4.52 Å². The van der Waals surface area contributed by atoms with Crippen LogP contribution in [0, 0.1) is 0 Å². The van der Waals surface area contributed by atoms with Gasteiger partial charge >= 0.3 is 0 Å². The van der Waals surface area contributed by atoms with Gasteiger partial charge in [0.15, 0.2) is 0 Å². The number of hydrazine groups is 1. The van der Waals surface area contributed by atoms with E-state index in [0.717, 1.165) is 5.69 Å². The number of anilines is 2. The molecule has 0 bridgehead atoms. The number of rotatable bonds is 5. The Morgan fingerprint density at radius 1 is 1.25 bits per heavy atom. The first-order chi connectivity index (χ1) is 9.85. The molecule has 0 saturated heterocycles. The van der Waals surface area contributed by atoms with Gasteiger partial charge in [-0.3, -0.25) is 5.43 Å². The van der Waals surface area contributed by atoms with Crippen molar-refractivity contribution in [1.82, 2.24) is 29.9 Å². The van der Waals surface area contributed by atoms with Gasteiger partial charge in [-0.15, -0.1) is 0 Å². The molecular weight excluding hydrogens is 262 g/mol. The maximum Gasteiger partial charge on any atom is 0.257 e. The highest BCUT2D eigenvalue weighted by Gasteiger charge is 2.08. The van der Waals surface area contributed by atoms with Gasteiger partial charge in [-0.25, -0.2) is 10.5 Å². The Hall–Kier alpha value is -3.01. The predicted octanol–water partition coefficient (Wildman–Crippen LogP) is -0.0570. The molecule has 0 atom stereocenters. The van der Waals surface area contributed by atoms with E-state index in [9.17, 15) is 0 Å². The Kier molecular flexibility index (Phi) is 3.20. The maximum absolute atomic E-state index is 5.34.